The fraction of sp³-hybridized carbons (Fsp3) is 0.375. The van der Waals surface area contributed by atoms with Crippen molar-refractivity contribution in [1.82, 2.24) is 14.8 Å². The molecule has 0 spiro atoms. The first-order chi connectivity index (χ1) is 15.5. The second-order valence-corrected chi connectivity index (χ2v) is 9.09. The molecular weight excluding hydrogens is 414 g/mol. The Morgan fingerprint density at radius 2 is 2.00 bits per heavy atom. The Balaban J connectivity index is 1.15. The number of carbonyl (C=O) groups excluding carboxylic acids is 2. The van der Waals surface area contributed by atoms with Gasteiger partial charge >= 0.3 is 6.03 Å². The first-order valence-electron chi connectivity index (χ1n) is 11.0. The van der Waals surface area contributed by atoms with Gasteiger partial charge in [0.05, 0.1) is 18.3 Å². The Morgan fingerprint density at radius 3 is 2.69 bits per heavy atom. The number of anilines is 1. The van der Waals surface area contributed by atoms with Crippen LogP contribution in [0.3, 0.4) is 0 Å². The lowest BCUT2D eigenvalue weighted by molar-refractivity contribution is -0.132. The number of urea groups is 1. The number of likely N-dealkylation sites (tertiary alicyclic amines) is 1. The molecule has 32 heavy (non-hydrogen) atoms. The highest BCUT2D eigenvalue weighted by atomic mass is 19.2. The van der Waals surface area contributed by atoms with E-state index in [9.17, 15) is 18.4 Å². The molecule has 1 aromatic heterocycles. The minimum Gasteiger partial charge on any atom is -0.334 e. The van der Waals surface area contributed by atoms with Crippen molar-refractivity contribution in [3.05, 3.63) is 65.0 Å². The number of nitrogens with zero attached hydrogens (tertiary/aromatic N) is 3. The van der Waals surface area contributed by atoms with Crippen LogP contribution in [0, 0.1) is 17.6 Å². The van der Waals surface area contributed by atoms with Crippen molar-refractivity contribution in [2.24, 2.45) is 5.92 Å². The first kappa shape index (κ1) is 19.4. The Labute approximate surface area is 183 Å². The molecule has 8 heteroatoms. The van der Waals surface area contributed by atoms with Gasteiger partial charge in [-0.1, -0.05) is 12.1 Å². The van der Waals surface area contributed by atoms with Crippen LogP contribution in [-0.4, -0.2) is 45.9 Å². The van der Waals surface area contributed by atoms with Gasteiger partial charge in [-0.15, -0.1) is 0 Å². The Morgan fingerprint density at radius 1 is 1.16 bits per heavy atom. The van der Waals surface area contributed by atoms with Crippen LogP contribution in [0.2, 0.25) is 0 Å². The van der Waals surface area contributed by atoms with Crippen molar-refractivity contribution < 1.29 is 18.4 Å². The topological polar surface area (TPSA) is 65.5 Å². The third-order valence-electron chi connectivity index (χ3n) is 6.99. The van der Waals surface area contributed by atoms with Crippen molar-refractivity contribution in [2.75, 3.05) is 18.4 Å². The molecule has 3 heterocycles. The van der Waals surface area contributed by atoms with E-state index < -0.39 is 17.7 Å². The largest absolute Gasteiger partial charge is 0.334 e. The van der Waals surface area contributed by atoms with E-state index in [0.29, 0.717) is 12.5 Å². The summed E-state index contributed by atoms with van der Waals surface area (Å²) < 4.78 is 27.7. The van der Waals surface area contributed by atoms with Crippen LogP contribution in [0.1, 0.15) is 42.0 Å². The van der Waals surface area contributed by atoms with Crippen molar-refractivity contribution in [3.63, 3.8) is 0 Å². The van der Waals surface area contributed by atoms with E-state index in [0.717, 1.165) is 23.7 Å². The molecule has 6 nitrogen and oxygen atoms in total. The summed E-state index contributed by atoms with van der Waals surface area (Å²) in [6.07, 6.45) is 7.37. The van der Waals surface area contributed by atoms with E-state index in [4.69, 9.17) is 0 Å². The molecule has 2 fully saturated rings. The average Bonchev–Trinajstić information content (AvgIpc) is 3.45. The Hall–Kier alpha value is -3.29. The van der Waals surface area contributed by atoms with Crippen LogP contribution >= 0.6 is 0 Å². The smallest absolute Gasteiger partial charge is 0.322 e. The lowest BCUT2D eigenvalue weighted by Crippen LogP contribution is -2.47. The van der Waals surface area contributed by atoms with E-state index >= 15 is 0 Å². The molecule has 0 radical (unpaired) electrons. The second-order valence-electron chi connectivity index (χ2n) is 9.09. The number of aromatic nitrogens is 1. The standard InChI is InChI=1S/C24H22F2N4O2/c25-19-4-6-21-18(23(19)26)11-29(24(32)28-21)12-22(31)30-10-15-7-16(30)8-17(15)14-3-5-20(27-9-14)13-1-2-13/h3-6,8-9,13,15-16H,1-2,7,10-12H2,(H,28,32)/t15-,16-/m0/s1. The molecule has 4 aliphatic rings. The van der Waals surface area contributed by atoms with Gasteiger partial charge in [-0.2, -0.15) is 0 Å². The fourth-order valence-electron chi connectivity index (χ4n) is 5.11. The van der Waals surface area contributed by atoms with Crippen molar-refractivity contribution in [2.45, 2.75) is 37.8 Å². The molecule has 1 saturated carbocycles. The SMILES string of the molecule is O=C1Nc2ccc(F)c(F)c2CN1CC(=O)N1C[C@@H]2C[C@H]1C=C2c1ccc(C2CC2)nc1. The van der Waals surface area contributed by atoms with Gasteiger partial charge in [-0.3, -0.25) is 9.78 Å². The number of amides is 3. The predicted octanol–water partition coefficient (Wildman–Crippen LogP) is 3.90. The lowest BCUT2D eigenvalue weighted by atomic mass is 9.96. The van der Waals surface area contributed by atoms with Crippen molar-refractivity contribution in [3.8, 4) is 0 Å². The molecule has 2 bridgehead atoms. The summed E-state index contributed by atoms with van der Waals surface area (Å²) in [6, 6.07) is 6.05. The van der Waals surface area contributed by atoms with Crippen molar-refractivity contribution in [1.29, 1.82) is 0 Å². The monoisotopic (exact) mass is 436 g/mol. The van der Waals surface area contributed by atoms with Crippen LogP contribution in [0.5, 0.6) is 0 Å². The molecular formula is C24H22F2N4O2. The van der Waals surface area contributed by atoms with Gasteiger partial charge in [0, 0.05) is 35.8 Å². The zero-order valence-corrected chi connectivity index (χ0v) is 17.4. The summed E-state index contributed by atoms with van der Waals surface area (Å²) in [4.78, 5) is 33.0. The molecule has 1 aromatic carbocycles. The maximum absolute atomic E-state index is 14.2. The summed E-state index contributed by atoms with van der Waals surface area (Å²) in [5.41, 5.74) is 3.80. The molecule has 1 N–H and O–H groups in total. The lowest BCUT2D eigenvalue weighted by Gasteiger charge is -2.32. The van der Waals surface area contributed by atoms with Gasteiger partial charge in [-0.25, -0.2) is 13.6 Å². The highest BCUT2D eigenvalue weighted by Gasteiger charge is 2.42. The van der Waals surface area contributed by atoms with Crippen molar-refractivity contribution >= 4 is 23.2 Å². The van der Waals surface area contributed by atoms with Gasteiger partial charge in [0.1, 0.15) is 6.54 Å². The number of hydrogen-bond acceptors (Lipinski definition) is 3. The molecule has 2 atom stereocenters. The van der Waals surface area contributed by atoms with Crippen LogP contribution in [-0.2, 0) is 11.3 Å². The minimum atomic E-state index is -0.992. The van der Waals surface area contributed by atoms with Gasteiger partial charge < -0.3 is 15.1 Å². The molecule has 2 aliphatic heterocycles. The van der Waals surface area contributed by atoms with Crippen LogP contribution in [0.4, 0.5) is 19.3 Å². The highest BCUT2D eigenvalue weighted by Crippen LogP contribution is 2.43. The van der Waals surface area contributed by atoms with E-state index in [1.165, 1.54) is 29.4 Å². The molecule has 1 saturated heterocycles. The third kappa shape index (κ3) is 3.16. The van der Waals surface area contributed by atoms with Gasteiger partial charge in [0.25, 0.3) is 0 Å². The molecule has 0 unspecified atom stereocenters. The van der Waals surface area contributed by atoms with Crippen LogP contribution < -0.4 is 5.32 Å². The van der Waals surface area contributed by atoms with Crippen LogP contribution in [0.15, 0.2) is 36.5 Å². The second kappa shape index (κ2) is 7.12. The predicted molar refractivity (Wildman–Crippen MR) is 114 cm³/mol. The number of carbonyl (C=O) groups is 2. The van der Waals surface area contributed by atoms with Gasteiger partial charge in [0.2, 0.25) is 5.91 Å². The number of benzene rings is 1. The number of halogens is 2. The normalized spacial score (nSPS) is 23.8. The number of nitrogens with one attached hydrogen (secondary N) is 1. The number of fused-ring (bicyclic) bond motifs is 3. The van der Waals surface area contributed by atoms with E-state index in [1.54, 1.807) is 4.90 Å². The molecule has 2 aromatic rings. The summed E-state index contributed by atoms with van der Waals surface area (Å²) in [7, 11) is 0. The Bertz CT molecular complexity index is 1160. The van der Waals surface area contributed by atoms with E-state index in [-0.39, 0.29) is 42.2 Å². The maximum Gasteiger partial charge on any atom is 0.322 e. The fourth-order valence-corrected chi connectivity index (χ4v) is 5.11. The zero-order valence-electron chi connectivity index (χ0n) is 17.4. The summed E-state index contributed by atoms with van der Waals surface area (Å²) >= 11 is 0. The van der Waals surface area contributed by atoms with Gasteiger partial charge in [-0.05, 0) is 48.6 Å². The summed E-state index contributed by atoms with van der Waals surface area (Å²) in [5.74, 6) is -1.28. The first-order valence-corrected chi connectivity index (χ1v) is 11.0. The van der Waals surface area contributed by atoms with Gasteiger partial charge in [0.15, 0.2) is 11.6 Å². The maximum atomic E-state index is 14.2. The highest BCUT2D eigenvalue weighted by molar-refractivity contribution is 5.95. The molecule has 164 valence electrons. The van der Waals surface area contributed by atoms with Crippen LogP contribution in [0.25, 0.3) is 5.57 Å². The quantitative estimate of drug-likeness (QED) is 0.791. The molecule has 2 aliphatic carbocycles. The van der Waals surface area contributed by atoms with E-state index in [1.807, 2.05) is 6.20 Å². The molecule has 6 rings (SSSR count). The summed E-state index contributed by atoms with van der Waals surface area (Å²) in [5, 5.41) is 2.54. The minimum absolute atomic E-state index is 0.0140. The molecule has 3 amide bonds. The number of pyridine rings is 1. The number of rotatable bonds is 4. The number of hydrogen-bond donors (Lipinski definition) is 1. The third-order valence-corrected chi connectivity index (χ3v) is 6.99. The zero-order chi connectivity index (χ0) is 22.0. The Kier molecular flexibility index (Phi) is 4.31. The summed E-state index contributed by atoms with van der Waals surface area (Å²) in [6.45, 7) is 0.276. The van der Waals surface area contributed by atoms with E-state index in [2.05, 4.69) is 28.5 Å². The average molecular weight is 436 g/mol.